The van der Waals surface area contributed by atoms with Gasteiger partial charge in [-0.2, -0.15) is 8.78 Å². The van der Waals surface area contributed by atoms with E-state index in [1.54, 1.807) is 12.1 Å². The van der Waals surface area contributed by atoms with Crippen LogP contribution in [-0.4, -0.2) is 16.6 Å². The van der Waals surface area contributed by atoms with Gasteiger partial charge in [0.15, 0.2) is 0 Å². The van der Waals surface area contributed by atoms with Crippen molar-refractivity contribution in [2.75, 3.05) is 5.32 Å². The van der Waals surface area contributed by atoms with Crippen molar-refractivity contribution in [2.24, 2.45) is 0 Å². The van der Waals surface area contributed by atoms with Crippen LogP contribution in [0, 0.1) is 10.1 Å². The molecule has 0 fully saturated rings. The van der Waals surface area contributed by atoms with Gasteiger partial charge in [0.2, 0.25) is 0 Å². The molecule has 2 aromatic rings. The van der Waals surface area contributed by atoms with Gasteiger partial charge in [-0.3, -0.25) is 10.1 Å². The van der Waals surface area contributed by atoms with E-state index in [1.807, 2.05) is 26.0 Å². The number of nitro benzene ring substituents is 1. The number of nitro groups is 1. The van der Waals surface area contributed by atoms with E-state index >= 15 is 0 Å². The summed E-state index contributed by atoms with van der Waals surface area (Å²) in [4.78, 5) is 9.63. The molecule has 0 saturated carbocycles. The molecule has 2 rings (SSSR count). The molecular weight excluding hydrogens is 481 g/mol. The van der Waals surface area contributed by atoms with Crippen molar-refractivity contribution < 1.29 is 22.1 Å². The molecule has 0 radical (unpaired) electrons. The van der Waals surface area contributed by atoms with Gasteiger partial charge in [0.25, 0.3) is 15.5 Å². The van der Waals surface area contributed by atoms with Crippen molar-refractivity contribution in [1.82, 2.24) is 0 Å². The molecule has 10 heteroatoms. The van der Waals surface area contributed by atoms with Gasteiger partial charge in [-0.15, -0.1) is 0 Å². The minimum Gasteiger partial charge on any atom is -0.350 e. The second-order valence-corrected chi connectivity index (χ2v) is 9.86. The average Bonchev–Trinajstić information content (AvgIpc) is 2.54. The van der Waals surface area contributed by atoms with Gasteiger partial charge in [0.05, 0.1) is 9.82 Å². The van der Waals surface area contributed by atoms with E-state index in [9.17, 15) is 27.3 Å². The molecule has 1 N–H and O–H groups in total. The number of halogens is 3. The zero-order valence-electron chi connectivity index (χ0n) is 13.7. The van der Waals surface area contributed by atoms with Crippen LogP contribution < -0.4 is 5.32 Å². The van der Waals surface area contributed by atoms with E-state index < -0.39 is 28.6 Å². The first-order chi connectivity index (χ1) is 11.9. The molecule has 140 valence electrons. The fraction of sp³-hybridized carbons (Fsp3) is 0.250. The number of nitrogens with one attached hydrogen (secondary N) is 1. The Labute approximate surface area is 162 Å². The Morgan fingerprint density at radius 3 is 2.19 bits per heavy atom. The SMILES string of the molecule is CC(C)c1ccc(Nc2ccc(S(=O)(=O)C(F)(F)I)cc2[N+](=O)[O-])cc1. The molecule has 0 unspecified atom stereocenters. The molecule has 26 heavy (non-hydrogen) atoms. The summed E-state index contributed by atoms with van der Waals surface area (Å²) in [6.07, 6.45) is 0. The fourth-order valence-corrected chi connectivity index (χ4v) is 3.72. The van der Waals surface area contributed by atoms with Gasteiger partial charge in [-0.1, -0.05) is 26.0 Å². The maximum absolute atomic E-state index is 13.3. The summed E-state index contributed by atoms with van der Waals surface area (Å²) in [7, 11) is -5.02. The van der Waals surface area contributed by atoms with Crippen molar-refractivity contribution >= 4 is 49.5 Å². The van der Waals surface area contributed by atoms with Crippen LogP contribution >= 0.6 is 22.6 Å². The zero-order chi connectivity index (χ0) is 19.7. The second-order valence-electron chi connectivity index (χ2n) is 5.79. The first kappa shape index (κ1) is 20.5. The number of sulfone groups is 1. The maximum Gasteiger partial charge on any atom is 0.398 e. The summed E-state index contributed by atoms with van der Waals surface area (Å²) in [5.41, 5.74) is 1.02. The molecule has 0 spiro atoms. The predicted molar refractivity (Wildman–Crippen MR) is 103 cm³/mol. The minimum atomic E-state index is -5.02. The van der Waals surface area contributed by atoms with Gasteiger partial charge >= 0.3 is 3.26 Å². The minimum absolute atomic E-state index is 0.00280. The lowest BCUT2D eigenvalue weighted by Crippen LogP contribution is -2.21. The lowest BCUT2D eigenvalue weighted by molar-refractivity contribution is -0.384. The smallest absolute Gasteiger partial charge is 0.350 e. The summed E-state index contributed by atoms with van der Waals surface area (Å²) in [5.74, 6) is 0.317. The molecule has 0 heterocycles. The molecule has 0 aromatic heterocycles. The van der Waals surface area contributed by atoms with E-state index in [4.69, 9.17) is 0 Å². The molecule has 0 atom stereocenters. The summed E-state index contributed by atoms with van der Waals surface area (Å²) in [5, 5.41) is 14.1. The highest BCUT2D eigenvalue weighted by molar-refractivity contribution is 14.1. The van der Waals surface area contributed by atoms with Gasteiger partial charge in [0, 0.05) is 34.3 Å². The van der Waals surface area contributed by atoms with E-state index in [1.165, 1.54) is 0 Å². The molecule has 0 aliphatic rings. The van der Waals surface area contributed by atoms with Gasteiger partial charge in [-0.05, 0) is 35.7 Å². The second kappa shape index (κ2) is 7.43. The largest absolute Gasteiger partial charge is 0.398 e. The maximum atomic E-state index is 13.3. The standard InChI is InChI=1S/C16H15F2IN2O4S/c1-10(2)11-3-5-12(6-4-11)20-14-8-7-13(9-15(14)21(22)23)26(24,25)16(17,18)19/h3-10,20H,1-2H3. The molecule has 0 saturated heterocycles. The van der Waals surface area contributed by atoms with Crippen LogP contribution in [0.15, 0.2) is 47.4 Å². The highest BCUT2D eigenvalue weighted by Gasteiger charge is 2.43. The van der Waals surface area contributed by atoms with E-state index in [0.717, 1.165) is 17.7 Å². The molecule has 6 nitrogen and oxygen atoms in total. The van der Waals surface area contributed by atoms with Gasteiger partial charge in [0.1, 0.15) is 5.69 Å². The molecular formula is C16H15F2IN2O4S. The summed E-state index contributed by atoms with van der Waals surface area (Å²) in [6, 6.07) is 9.81. The third kappa shape index (κ3) is 4.29. The Balaban J connectivity index is 2.43. The number of rotatable bonds is 6. The Morgan fingerprint density at radius 2 is 1.73 bits per heavy atom. The van der Waals surface area contributed by atoms with E-state index in [0.29, 0.717) is 40.3 Å². The number of anilines is 2. The van der Waals surface area contributed by atoms with Crippen molar-refractivity contribution in [3.63, 3.8) is 0 Å². The van der Waals surface area contributed by atoms with Crippen LogP contribution in [0.3, 0.4) is 0 Å². The van der Waals surface area contributed by atoms with E-state index in [2.05, 4.69) is 5.32 Å². The number of hydrogen-bond donors (Lipinski definition) is 1. The first-order valence-electron chi connectivity index (χ1n) is 7.40. The zero-order valence-corrected chi connectivity index (χ0v) is 16.7. The average molecular weight is 496 g/mol. The fourth-order valence-electron chi connectivity index (χ4n) is 2.18. The van der Waals surface area contributed by atoms with Crippen LogP contribution in [0.4, 0.5) is 25.8 Å². The number of benzene rings is 2. The highest BCUT2D eigenvalue weighted by Crippen LogP contribution is 2.38. The summed E-state index contributed by atoms with van der Waals surface area (Å²) < 4.78 is 46.1. The molecule has 2 aromatic carbocycles. The topological polar surface area (TPSA) is 89.3 Å². The summed E-state index contributed by atoms with van der Waals surface area (Å²) in [6.45, 7) is 4.05. The first-order valence-corrected chi connectivity index (χ1v) is 9.96. The van der Waals surface area contributed by atoms with Crippen LogP contribution in [-0.2, 0) is 9.84 Å². The van der Waals surface area contributed by atoms with Gasteiger partial charge in [-0.25, -0.2) is 8.42 Å². The third-order valence-electron chi connectivity index (χ3n) is 3.64. The Morgan fingerprint density at radius 1 is 1.15 bits per heavy atom. The number of nitrogens with zero attached hydrogens (tertiary/aromatic N) is 1. The van der Waals surface area contributed by atoms with Crippen molar-refractivity contribution in [1.29, 1.82) is 0 Å². The lowest BCUT2D eigenvalue weighted by Gasteiger charge is -2.12. The molecule has 0 bridgehead atoms. The van der Waals surface area contributed by atoms with Crippen molar-refractivity contribution in [3.05, 3.63) is 58.1 Å². The van der Waals surface area contributed by atoms with Gasteiger partial charge < -0.3 is 5.32 Å². The highest BCUT2D eigenvalue weighted by atomic mass is 127. The third-order valence-corrected chi connectivity index (χ3v) is 6.86. The molecule has 0 amide bonds. The predicted octanol–water partition coefficient (Wildman–Crippen LogP) is 5.22. The summed E-state index contributed by atoms with van der Waals surface area (Å²) >= 11 is 0.481. The van der Waals surface area contributed by atoms with Crippen molar-refractivity contribution in [2.45, 2.75) is 27.9 Å². The molecule has 0 aliphatic carbocycles. The Kier molecular flexibility index (Phi) is 5.85. The van der Waals surface area contributed by atoms with Crippen LogP contribution in [0.1, 0.15) is 25.3 Å². The van der Waals surface area contributed by atoms with Crippen molar-refractivity contribution in [3.8, 4) is 0 Å². The van der Waals surface area contributed by atoms with Crippen LogP contribution in [0.5, 0.6) is 0 Å². The van der Waals surface area contributed by atoms with Crippen LogP contribution in [0.25, 0.3) is 0 Å². The molecule has 0 aliphatic heterocycles. The Hall–Kier alpha value is -1.82. The van der Waals surface area contributed by atoms with E-state index in [-0.39, 0.29) is 5.69 Å². The quantitative estimate of drug-likeness (QED) is 0.256. The Bertz CT molecular complexity index is 926. The van der Waals surface area contributed by atoms with Crippen LogP contribution in [0.2, 0.25) is 0 Å². The number of alkyl halides is 3. The lowest BCUT2D eigenvalue weighted by atomic mass is 10.0. The number of hydrogen-bond acceptors (Lipinski definition) is 5. The normalized spacial score (nSPS) is 12.2. The monoisotopic (exact) mass is 496 g/mol.